The predicted octanol–water partition coefficient (Wildman–Crippen LogP) is 2.56. The average molecular weight is 414 g/mol. The van der Waals surface area contributed by atoms with Gasteiger partial charge in [-0.1, -0.05) is 15.9 Å². The standard InChI is InChI=1S/C18H28BrN3O3/c1-13(2)25-9-5-8-20-17(23)11-22(4)12-18(24)21-16-7-6-15(19)10-14(16)3/h6-7,10,13H,5,8-9,11-12H2,1-4H3,(H,20,23)(H,21,24). The van der Waals surface area contributed by atoms with Crippen molar-refractivity contribution in [1.29, 1.82) is 0 Å². The first kappa shape index (κ1) is 21.6. The Kier molecular flexibility index (Phi) is 9.70. The number of nitrogens with zero attached hydrogens (tertiary/aromatic N) is 1. The van der Waals surface area contributed by atoms with Crippen molar-refractivity contribution in [2.24, 2.45) is 0 Å². The molecule has 0 aliphatic carbocycles. The average Bonchev–Trinajstić information content (AvgIpc) is 2.49. The van der Waals surface area contributed by atoms with Gasteiger partial charge in [-0.2, -0.15) is 0 Å². The van der Waals surface area contributed by atoms with E-state index < -0.39 is 0 Å². The van der Waals surface area contributed by atoms with Crippen molar-refractivity contribution in [1.82, 2.24) is 10.2 Å². The van der Waals surface area contributed by atoms with Crippen LogP contribution in [0.15, 0.2) is 22.7 Å². The van der Waals surface area contributed by atoms with E-state index in [1.807, 2.05) is 39.0 Å². The van der Waals surface area contributed by atoms with E-state index in [2.05, 4.69) is 26.6 Å². The molecule has 0 fully saturated rings. The number of hydrogen-bond donors (Lipinski definition) is 2. The Hall–Kier alpha value is -1.44. The van der Waals surface area contributed by atoms with E-state index in [1.54, 1.807) is 11.9 Å². The van der Waals surface area contributed by atoms with Crippen LogP contribution in [0.3, 0.4) is 0 Å². The summed E-state index contributed by atoms with van der Waals surface area (Å²) in [5.41, 5.74) is 1.75. The number of hydrogen-bond acceptors (Lipinski definition) is 4. The maximum Gasteiger partial charge on any atom is 0.238 e. The SMILES string of the molecule is Cc1cc(Br)ccc1NC(=O)CN(C)CC(=O)NCCCOC(C)C. The summed E-state index contributed by atoms with van der Waals surface area (Å²) in [6, 6.07) is 5.67. The van der Waals surface area contributed by atoms with Crippen LogP contribution in [0.25, 0.3) is 0 Å². The lowest BCUT2D eigenvalue weighted by Gasteiger charge is -2.17. The zero-order valence-electron chi connectivity index (χ0n) is 15.4. The number of nitrogens with one attached hydrogen (secondary N) is 2. The van der Waals surface area contributed by atoms with E-state index in [0.29, 0.717) is 13.2 Å². The molecule has 0 unspecified atom stereocenters. The molecule has 0 saturated carbocycles. The minimum absolute atomic E-state index is 0.0975. The molecule has 0 aliphatic heterocycles. The molecule has 7 heteroatoms. The van der Waals surface area contributed by atoms with Gasteiger partial charge in [-0.15, -0.1) is 0 Å². The fraction of sp³-hybridized carbons (Fsp3) is 0.556. The number of amides is 2. The highest BCUT2D eigenvalue weighted by Crippen LogP contribution is 2.19. The quantitative estimate of drug-likeness (QED) is 0.578. The first-order valence-corrected chi connectivity index (χ1v) is 9.20. The molecule has 0 aromatic heterocycles. The van der Waals surface area contributed by atoms with Crippen LogP contribution in [0, 0.1) is 6.92 Å². The zero-order valence-corrected chi connectivity index (χ0v) is 17.0. The normalized spacial score (nSPS) is 11.0. The Balaban J connectivity index is 2.27. The molecule has 25 heavy (non-hydrogen) atoms. The Bertz CT molecular complexity index is 579. The first-order chi connectivity index (χ1) is 11.8. The van der Waals surface area contributed by atoms with Crippen molar-refractivity contribution in [3.63, 3.8) is 0 Å². The lowest BCUT2D eigenvalue weighted by atomic mass is 10.2. The number of carbonyl (C=O) groups excluding carboxylic acids is 2. The number of benzene rings is 1. The molecule has 0 spiro atoms. The fourth-order valence-corrected chi connectivity index (χ4v) is 2.65. The van der Waals surface area contributed by atoms with Gasteiger partial charge in [0.2, 0.25) is 11.8 Å². The molecule has 6 nitrogen and oxygen atoms in total. The molecular weight excluding hydrogens is 386 g/mol. The van der Waals surface area contributed by atoms with Crippen molar-refractivity contribution in [3.05, 3.63) is 28.2 Å². The van der Waals surface area contributed by atoms with Gasteiger partial charge in [0.1, 0.15) is 0 Å². The second-order valence-electron chi connectivity index (χ2n) is 6.30. The third-order valence-electron chi connectivity index (χ3n) is 3.38. The Morgan fingerprint density at radius 2 is 1.92 bits per heavy atom. The van der Waals surface area contributed by atoms with Crippen LogP contribution >= 0.6 is 15.9 Å². The number of rotatable bonds is 10. The van der Waals surface area contributed by atoms with Gasteiger partial charge in [-0.3, -0.25) is 14.5 Å². The fourth-order valence-electron chi connectivity index (χ4n) is 2.18. The topological polar surface area (TPSA) is 70.7 Å². The van der Waals surface area contributed by atoms with E-state index in [4.69, 9.17) is 4.74 Å². The van der Waals surface area contributed by atoms with Gasteiger partial charge in [-0.25, -0.2) is 0 Å². The van der Waals surface area contributed by atoms with Gasteiger partial charge in [-0.05, 0) is 58.0 Å². The maximum atomic E-state index is 12.1. The second kappa shape index (κ2) is 11.2. The van der Waals surface area contributed by atoms with Crippen LogP contribution in [0.1, 0.15) is 25.8 Å². The van der Waals surface area contributed by atoms with E-state index >= 15 is 0 Å². The molecule has 0 bridgehead atoms. The summed E-state index contributed by atoms with van der Waals surface area (Å²) in [4.78, 5) is 25.6. The summed E-state index contributed by atoms with van der Waals surface area (Å²) in [5.74, 6) is -0.245. The van der Waals surface area contributed by atoms with E-state index in [-0.39, 0.29) is 31.0 Å². The number of likely N-dealkylation sites (N-methyl/N-ethyl adjacent to an activating group) is 1. The molecule has 1 aromatic rings. The molecule has 1 rings (SSSR count). The summed E-state index contributed by atoms with van der Waals surface area (Å²) < 4.78 is 6.38. The van der Waals surface area contributed by atoms with Gasteiger partial charge in [0.25, 0.3) is 0 Å². The predicted molar refractivity (Wildman–Crippen MR) is 104 cm³/mol. The van der Waals surface area contributed by atoms with Gasteiger partial charge >= 0.3 is 0 Å². The summed E-state index contributed by atoms with van der Waals surface area (Å²) in [7, 11) is 1.75. The third-order valence-corrected chi connectivity index (χ3v) is 3.88. The van der Waals surface area contributed by atoms with Gasteiger partial charge in [0, 0.05) is 23.3 Å². The van der Waals surface area contributed by atoms with Gasteiger partial charge < -0.3 is 15.4 Å². The molecule has 0 saturated heterocycles. The molecule has 140 valence electrons. The van der Waals surface area contributed by atoms with Crippen molar-refractivity contribution in [3.8, 4) is 0 Å². The Morgan fingerprint density at radius 3 is 2.56 bits per heavy atom. The highest BCUT2D eigenvalue weighted by Gasteiger charge is 2.11. The highest BCUT2D eigenvalue weighted by molar-refractivity contribution is 9.10. The van der Waals surface area contributed by atoms with E-state index in [9.17, 15) is 9.59 Å². The molecule has 0 radical (unpaired) electrons. The smallest absolute Gasteiger partial charge is 0.238 e. The van der Waals surface area contributed by atoms with Crippen LogP contribution in [0.2, 0.25) is 0 Å². The van der Waals surface area contributed by atoms with Crippen molar-refractivity contribution in [2.75, 3.05) is 38.6 Å². The largest absolute Gasteiger partial charge is 0.379 e. The highest BCUT2D eigenvalue weighted by atomic mass is 79.9. The van der Waals surface area contributed by atoms with Crippen LogP contribution < -0.4 is 10.6 Å². The zero-order chi connectivity index (χ0) is 18.8. The lowest BCUT2D eigenvalue weighted by Crippen LogP contribution is -2.39. The Morgan fingerprint density at radius 1 is 1.24 bits per heavy atom. The number of aryl methyl sites for hydroxylation is 1. The van der Waals surface area contributed by atoms with Gasteiger partial charge in [0.15, 0.2) is 0 Å². The Labute approximate surface area is 158 Å². The molecule has 1 aromatic carbocycles. The second-order valence-corrected chi connectivity index (χ2v) is 7.22. The molecule has 0 aliphatic rings. The van der Waals surface area contributed by atoms with Gasteiger partial charge in [0.05, 0.1) is 19.2 Å². The van der Waals surface area contributed by atoms with E-state index in [0.717, 1.165) is 22.1 Å². The van der Waals surface area contributed by atoms with Crippen LogP contribution in [0.5, 0.6) is 0 Å². The van der Waals surface area contributed by atoms with E-state index in [1.165, 1.54) is 0 Å². The van der Waals surface area contributed by atoms with Crippen LogP contribution in [-0.2, 0) is 14.3 Å². The summed E-state index contributed by atoms with van der Waals surface area (Å²) in [6.07, 6.45) is 0.978. The number of anilines is 1. The number of halogens is 1. The minimum atomic E-state index is -0.147. The van der Waals surface area contributed by atoms with Crippen molar-refractivity contribution < 1.29 is 14.3 Å². The van der Waals surface area contributed by atoms with Crippen LogP contribution in [-0.4, -0.2) is 56.1 Å². The lowest BCUT2D eigenvalue weighted by molar-refractivity contribution is -0.123. The molecule has 2 amide bonds. The maximum absolute atomic E-state index is 12.1. The number of ether oxygens (including phenoxy) is 1. The van der Waals surface area contributed by atoms with Crippen molar-refractivity contribution in [2.45, 2.75) is 33.3 Å². The van der Waals surface area contributed by atoms with Crippen molar-refractivity contribution >= 4 is 33.4 Å². The minimum Gasteiger partial charge on any atom is -0.379 e. The monoisotopic (exact) mass is 413 g/mol. The summed E-state index contributed by atoms with van der Waals surface area (Å²) >= 11 is 3.39. The summed E-state index contributed by atoms with van der Waals surface area (Å²) in [6.45, 7) is 7.42. The summed E-state index contributed by atoms with van der Waals surface area (Å²) in [5, 5.41) is 5.69. The molecule has 0 atom stereocenters. The molecule has 2 N–H and O–H groups in total. The molecular formula is C18H28BrN3O3. The third kappa shape index (κ3) is 9.57. The van der Waals surface area contributed by atoms with Crippen LogP contribution in [0.4, 0.5) is 5.69 Å². The first-order valence-electron chi connectivity index (χ1n) is 8.40. The molecule has 0 heterocycles. The number of carbonyl (C=O) groups is 2.